The monoisotopic (exact) mass is 298 g/mol. The summed E-state index contributed by atoms with van der Waals surface area (Å²) in [7, 11) is 1.13. The Morgan fingerprint density at radius 2 is 1.53 bits per heavy atom. The van der Waals surface area contributed by atoms with Crippen molar-refractivity contribution in [2.75, 3.05) is 0 Å². The molecule has 0 heterocycles. The molecule has 0 saturated carbocycles. The van der Waals surface area contributed by atoms with E-state index in [9.17, 15) is 12.8 Å². The van der Waals surface area contributed by atoms with Crippen LogP contribution >= 0.6 is 10.7 Å². The van der Waals surface area contributed by atoms with E-state index >= 15 is 0 Å². The second kappa shape index (κ2) is 4.94. The zero-order valence-electron chi connectivity index (χ0n) is 10.4. The van der Waals surface area contributed by atoms with Gasteiger partial charge in [-0.3, -0.25) is 0 Å². The first-order valence-corrected chi connectivity index (χ1v) is 7.92. The molecule has 2 aromatic carbocycles. The molecule has 19 heavy (non-hydrogen) atoms. The van der Waals surface area contributed by atoms with Crippen molar-refractivity contribution in [2.24, 2.45) is 0 Å². The molecule has 0 bridgehead atoms. The van der Waals surface area contributed by atoms with E-state index in [1.807, 2.05) is 32.0 Å². The second-order valence-electron chi connectivity index (χ2n) is 4.38. The SMILES string of the molecule is Cc1ccc(-c2ccc(F)c(S(=O)(=O)Cl)c2)cc1C. The molecule has 0 aliphatic heterocycles. The summed E-state index contributed by atoms with van der Waals surface area (Å²) in [6.07, 6.45) is 0. The molecule has 0 N–H and O–H groups in total. The van der Waals surface area contributed by atoms with Crippen molar-refractivity contribution in [1.82, 2.24) is 0 Å². The average molecular weight is 299 g/mol. The summed E-state index contributed by atoms with van der Waals surface area (Å²) in [6, 6.07) is 9.61. The zero-order chi connectivity index (χ0) is 14.2. The molecule has 0 amide bonds. The fourth-order valence-electron chi connectivity index (χ4n) is 1.79. The topological polar surface area (TPSA) is 34.1 Å². The molecule has 0 radical (unpaired) electrons. The molecule has 0 aromatic heterocycles. The van der Waals surface area contributed by atoms with Crippen LogP contribution in [0.25, 0.3) is 11.1 Å². The van der Waals surface area contributed by atoms with E-state index in [2.05, 4.69) is 0 Å². The Morgan fingerprint density at radius 1 is 0.947 bits per heavy atom. The maximum Gasteiger partial charge on any atom is 0.264 e. The number of hydrogen-bond donors (Lipinski definition) is 0. The molecule has 2 aromatic rings. The molecule has 2 nitrogen and oxygen atoms in total. The van der Waals surface area contributed by atoms with Crippen LogP contribution in [-0.4, -0.2) is 8.42 Å². The van der Waals surface area contributed by atoms with E-state index in [1.165, 1.54) is 12.1 Å². The number of aryl methyl sites for hydroxylation is 2. The van der Waals surface area contributed by atoms with Crippen LogP contribution in [0.1, 0.15) is 11.1 Å². The van der Waals surface area contributed by atoms with Gasteiger partial charge in [0.1, 0.15) is 10.7 Å². The lowest BCUT2D eigenvalue weighted by atomic mass is 10.0. The molecule has 0 aliphatic rings. The number of halogens is 2. The Balaban J connectivity index is 2.61. The predicted molar refractivity (Wildman–Crippen MR) is 74.3 cm³/mol. The van der Waals surface area contributed by atoms with Gasteiger partial charge in [0.15, 0.2) is 0 Å². The van der Waals surface area contributed by atoms with Crippen molar-refractivity contribution >= 4 is 19.7 Å². The first-order chi connectivity index (χ1) is 8.79. The second-order valence-corrected chi connectivity index (χ2v) is 6.92. The Hall–Kier alpha value is -1.39. The van der Waals surface area contributed by atoms with Gasteiger partial charge in [0.2, 0.25) is 0 Å². The summed E-state index contributed by atoms with van der Waals surface area (Å²) < 4.78 is 36.0. The van der Waals surface area contributed by atoms with Gasteiger partial charge in [0.25, 0.3) is 9.05 Å². The van der Waals surface area contributed by atoms with Crippen LogP contribution < -0.4 is 0 Å². The molecule has 0 spiro atoms. The van der Waals surface area contributed by atoms with Gasteiger partial charge in [-0.15, -0.1) is 0 Å². The van der Waals surface area contributed by atoms with Gasteiger partial charge in [0, 0.05) is 10.7 Å². The minimum Gasteiger partial charge on any atom is -0.207 e. The van der Waals surface area contributed by atoms with Crippen molar-refractivity contribution in [2.45, 2.75) is 18.7 Å². The first-order valence-electron chi connectivity index (χ1n) is 5.61. The van der Waals surface area contributed by atoms with Crippen LogP contribution in [0, 0.1) is 19.7 Å². The maximum atomic E-state index is 13.5. The quantitative estimate of drug-likeness (QED) is 0.784. The van der Waals surface area contributed by atoms with Gasteiger partial charge >= 0.3 is 0 Å². The predicted octanol–water partition coefficient (Wildman–Crippen LogP) is 4.04. The minimum absolute atomic E-state index is 0.495. The number of hydrogen-bond acceptors (Lipinski definition) is 2. The maximum absolute atomic E-state index is 13.5. The number of benzene rings is 2. The Kier molecular flexibility index (Phi) is 3.65. The summed E-state index contributed by atoms with van der Waals surface area (Å²) in [5.41, 5.74) is 3.65. The van der Waals surface area contributed by atoms with E-state index in [0.717, 1.165) is 22.8 Å². The van der Waals surface area contributed by atoms with Crippen LogP contribution in [0.5, 0.6) is 0 Å². The van der Waals surface area contributed by atoms with Crippen molar-refractivity contribution < 1.29 is 12.8 Å². The third kappa shape index (κ3) is 2.96. The van der Waals surface area contributed by atoms with Gasteiger partial charge < -0.3 is 0 Å². The first kappa shape index (κ1) is 14.0. The van der Waals surface area contributed by atoms with Gasteiger partial charge in [0.05, 0.1) is 0 Å². The lowest BCUT2D eigenvalue weighted by molar-refractivity contribution is 0.576. The highest BCUT2D eigenvalue weighted by Gasteiger charge is 2.17. The standard InChI is InChI=1S/C14H12ClFO2S/c1-9-3-4-11(7-10(9)2)12-5-6-13(16)14(8-12)19(15,17)18/h3-8H,1-2H3. The summed E-state index contributed by atoms with van der Waals surface area (Å²) in [5, 5.41) is 0. The number of rotatable bonds is 2. The molecule has 0 saturated heterocycles. The minimum atomic E-state index is -4.09. The van der Waals surface area contributed by atoms with E-state index in [0.29, 0.717) is 5.56 Å². The van der Waals surface area contributed by atoms with Gasteiger partial charge in [-0.1, -0.05) is 24.3 Å². The third-order valence-electron chi connectivity index (χ3n) is 3.03. The summed E-state index contributed by atoms with van der Waals surface area (Å²) in [6.45, 7) is 3.94. The summed E-state index contributed by atoms with van der Waals surface area (Å²) >= 11 is 0. The van der Waals surface area contributed by atoms with Crippen LogP contribution in [0.4, 0.5) is 4.39 Å². The van der Waals surface area contributed by atoms with Crippen molar-refractivity contribution in [3.63, 3.8) is 0 Å². The van der Waals surface area contributed by atoms with Crippen molar-refractivity contribution in [3.05, 3.63) is 53.3 Å². The lowest BCUT2D eigenvalue weighted by Gasteiger charge is -2.07. The molecular weight excluding hydrogens is 287 g/mol. The molecule has 0 aliphatic carbocycles. The molecule has 0 atom stereocenters. The average Bonchev–Trinajstić information content (AvgIpc) is 2.32. The highest BCUT2D eigenvalue weighted by Crippen LogP contribution is 2.27. The highest BCUT2D eigenvalue weighted by atomic mass is 35.7. The lowest BCUT2D eigenvalue weighted by Crippen LogP contribution is -1.96. The van der Waals surface area contributed by atoms with Crippen LogP contribution in [0.2, 0.25) is 0 Å². The van der Waals surface area contributed by atoms with E-state index in [1.54, 1.807) is 0 Å². The molecule has 2 rings (SSSR count). The fraction of sp³-hybridized carbons (Fsp3) is 0.143. The smallest absolute Gasteiger partial charge is 0.207 e. The van der Waals surface area contributed by atoms with E-state index < -0.39 is 19.8 Å². The van der Waals surface area contributed by atoms with Gasteiger partial charge in [-0.25, -0.2) is 12.8 Å². The van der Waals surface area contributed by atoms with Gasteiger partial charge in [-0.05, 0) is 48.2 Å². The van der Waals surface area contributed by atoms with Gasteiger partial charge in [-0.2, -0.15) is 0 Å². The van der Waals surface area contributed by atoms with Crippen LogP contribution in [0.3, 0.4) is 0 Å². The van der Waals surface area contributed by atoms with Crippen LogP contribution in [0.15, 0.2) is 41.3 Å². The largest absolute Gasteiger partial charge is 0.264 e. The van der Waals surface area contributed by atoms with Crippen LogP contribution in [-0.2, 0) is 9.05 Å². The Bertz CT molecular complexity index is 739. The molecule has 5 heteroatoms. The Labute approximate surface area is 116 Å². The van der Waals surface area contributed by atoms with E-state index in [4.69, 9.17) is 10.7 Å². The zero-order valence-corrected chi connectivity index (χ0v) is 12.0. The van der Waals surface area contributed by atoms with E-state index in [-0.39, 0.29) is 0 Å². The van der Waals surface area contributed by atoms with Crippen molar-refractivity contribution in [1.29, 1.82) is 0 Å². The Morgan fingerprint density at radius 3 is 2.11 bits per heavy atom. The van der Waals surface area contributed by atoms with Crippen molar-refractivity contribution in [3.8, 4) is 11.1 Å². The molecule has 100 valence electrons. The summed E-state index contributed by atoms with van der Waals surface area (Å²) in [5.74, 6) is -0.845. The highest BCUT2D eigenvalue weighted by molar-refractivity contribution is 8.13. The molecule has 0 unspecified atom stereocenters. The summed E-state index contributed by atoms with van der Waals surface area (Å²) in [4.78, 5) is -0.495. The normalized spacial score (nSPS) is 11.6. The fourth-order valence-corrected chi connectivity index (χ4v) is 2.71. The molecule has 0 fully saturated rings. The molecular formula is C14H12ClFO2S. The third-order valence-corrected chi connectivity index (χ3v) is 4.37.